The van der Waals surface area contributed by atoms with Gasteiger partial charge in [0.25, 0.3) is 0 Å². The lowest BCUT2D eigenvalue weighted by Gasteiger charge is -2.29. The van der Waals surface area contributed by atoms with Crippen LogP contribution in [0, 0.1) is 5.53 Å². The average molecular weight is 315 g/mol. The second kappa shape index (κ2) is 11.0. The molecular formula is C15H29N3O2S. The molecule has 122 valence electrons. The van der Waals surface area contributed by atoms with Crippen LogP contribution in [0.15, 0.2) is 10.1 Å². The molecule has 0 aromatic carbocycles. The summed E-state index contributed by atoms with van der Waals surface area (Å²) in [7, 11) is 0. The van der Waals surface area contributed by atoms with Crippen LogP contribution < -0.4 is 0 Å². The van der Waals surface area contributed by atoms with E-state index < -0.39 is 11.1 Å². The van der Waals surface area contributed by atoms with Gasteiger partial charge < -0.3 is 0 Å². The van der Waals surface area contributed by atoms with E-state index >= 15 is 0 Å². The minimum Gasteiger partial charge on any atom is -0.298 e. The highest BCUT2D eigenvalue weighted by Crippen LogP contribution is 2.28. The number of rotatable bonds is 11. The Kier molecular flexibility index (Phi) is 9.67. The van der Waals surface area contributed by atoms with Crippen LogP contribution in [0.25, 0.3) is 0 Å². The maximum absolute atomic E-state index is 12.2. The van der Waals surface area contributed by atoms with E-state index in [4.69, 9.17) is 9.71 Å². The second-order valence-corrected chi connectivity index (χ2v) is 7.10. The Labute approximate surface area is 131 Å². The van der Waals surface area contributed by atoms with Crippen LogP contribution >= 0.6 is 0 Å². The van der Waals surface area contributed by atoms with E-state index in [2.05, 4.69) is 23.7 Å². The quantitative estimate of drug-likeness (QED) is 0.355. The number of unbranched alkanes of at least 4 members (excludes halogenated alkanes) is 5. The van der Waals surface area contributed by atoms with E-state index in [9.17, 15) is 4.21 Å². The molecule has 0 heterocycles. The van der Waals surface area contributed by atoms with E-state index in [1.54, 1.807) is 0 Å². The molecule has 0 aliphatic heterocycles. The summed E-state index contributed by atoms with van der Waals surface area (Å²) < 4.78 is 17.7. The van der Waals surface area contributed by atoms with Crippen LogP contribution in [-0.4, -0.2) is 34.9 Å². The van der Waals surface area contributed by atoms with E-state index in [0.717, 1.165) is 25.7 Å². The Balaban J connectivity index is 2.25. The number of aliphatic imine (C=N–C) groups is 1. The largest absolute Gasteiger partial charge is 0.298 e. The average Bonchev–Trinajstić information content (AvgIpc) is 2.53. The first-order chi connectivity index (χ1) is 10.2. The fourth-order valence-electron chi connectivity index (χ4n) is 2.72. The Morgan fingerprint density at radius 3 is 2.62 bits per heavy atom. The monoisotopic (exact) mass is 315 g/mol. The van der Waals surface area contributed by atoms with Crippen LogP contribution in [0.1, 0.15) is 64.7 Å². The Morgan fingerprint density at radius 2 is 1.95 bits per heavy atom. The summed E-state index contributed by atoms with van der Waals surface area (Å²) in [4.78, 5) is 4.04. The predicted octanol–water partition coefficient (Wildman–Crippen LogP) is 4.05. The molecule has 4 unspecified atom stereocenters. The van der Waals surface area contributed by atoms with Gasteiger partial charge in [-0.2, -0.15) is 5.11 Å². The highest BCUT2D eigenvalue weighted by atomic mass is 32.2. The highest BCUT2D eigenvalue weighted by Gasteiger charge is 2.35. The molecule has 4 atom stereocenters. The second-order valence-electron chi connectivity index (χ2n) is 5.73. The van der Waals surface area contributed by atoms with Crippen molar-refractivity contribution in [2.24, 2.45) is 10.1 Å². The molecule has 0 aromatic rings. The molecule has 0 amide bonds. The lowest BCUT2D eigenvalue weighted by molar-refractivity contribution is 0.309. The molecule has 1 aliphatic rings. The van der Waals surface area contributed by atoms with Gasteiger partial charge in [-0.05, 0) is 32.4 Å². The first-order valence-electron chi connectivity index (χ1n) is 8.09. The van der Waals surface area contributed by atoms with Gasteiger partial charge in [-0.1, -0.05) is 39.0 Å². The summed E-state index contributed by atoms with van der Waals surface area (Å²) in [5.41, 5.74) is 7.24. The molecule has 0 aromatic heterocycles. The first kappa shape index (κ1) is 18.4. The number of nitrogens with one attached hydrogen (secondary N) is 1. The molecule has 5 nitrogen and oxygen atoms in total. The van der Waals surface area contributed by atoms with Crippen LogP contribution in [-0.2, 0) is 15.3 Å². The van der Waals surface area contributed by atoms with Gasteiger partial charge in [0.05, 0.1) is 23.9 Å². The third-order valence-electron chi connectivity index (χ3n) is 4.10. The van der Waals surface area contributed by atoms with Gasteiger partial charge in [0, 0.05) is 0 Å². The lowest BCUT2D eigenvalue weighted by Crippen LogP contribution is -2.38. The van der Waals surface area contributed by atoms with Crippen molar-refractivity contribution >= 4 is 17.8 Å². The third-order valence-corrected chi connectivity index (χ3v) is 5.50. The van der Waals surface area contributed by atoms with Crippen molar-refractivity contribution in [3.05, 3.63) is 0 Å². The van der Waals surface area contributed by atoms with E-state index in [1.807, 2.05) is 0 Å². The van der Waals surface area contributed by atoms with Crippen LogP contribution in [0.4, 0.5) is 0 Å². The van der Waals surface area contributed by atoms with Crippen molar-refractivity contribution < 1.29 is 8.39 Å². The molecule has 1 saturated carbocycles. The molecule has 6 heteroatoms. The molecule has 1 fully saturated rings. The summed E-state index contributed by atoms with van der Waals surface area (Å²) in [6, 6.07) is -0.0528. The molecule has 21 heavy (non-hydrogen) atoms. The molecule has 1 aliphatic carbocycles. The zero-order chi connectivity index (χ0) is 15.5. The first-order valence-corrected chi connectivity index (χ1v) is 9.23. The Hall–Kier alpha value is -0.620. The van der Waals surface area contributed by atoms with Crippen molar-refractivity contribution in [3.63, 3.8) is 0 Å². The minimum atomic E-state index is -1.37. The van der Waals surface area contributed by atoms with Crippen LogP contribution in [0.2, 0.25) is 0 Å². The molecule has 0 saturated heterocycles. The van der Waals surface area contributed by atoms with Crippen molar-refractivity contribution in [2.45, 2.75) is 82.0 Å². The van der Waals surface area contributed by atoms with Crippen molar-refractivity contribution in [3.8, 4) is 0 Å². The summed E-state index contributed by atoms with van der Waals surface area (Å²) in [5, 5.41) is 3.41. The van der Waals surface area contributed by atoms with Gasteiger partial charge in [0.2, 0.25) is 0 Å². The molecule has 0 bridgehead atoms. The van der Waals surface area contributed by atoms with E-state index in [-0.39, 0.29) is 17.3 Å². The van der Waals surface area contributed by atoms with Gasteiger partial charge in [-0.15, -0.1) is 0 Å². The zero-order valence-corrected chi connectivity index (χ0v) is 13.9. The number of hydrogen-bond donors (Lipinski definition) is 1. The van der Waals surface area contributed by atoms with Crippen LogP contribution in [0.3, 0.4) is 0 Å². The van der Waals surface area contributed by atoms with Crippen molar-refractivity contribution in [1.29, 1.82) is 5.53 Å². The maximum Gasteiger partial charge on any atom is 0.160 e. The van der Waals surface area contributed by atoms with Gasteiger partial charge >= 0.3 is 0 Å². The predicted molar refractivity (Wildman–Crippen MR) is 87.4 cm³/mol. The number of nitrogens with zero attached hydrogens (tertiary/aromatic N) is 2. The molecule has 1 rings (SSSR count). The van der Waals surface area contributed by atoms with Crippen molar-refractivity contribution in [2.75, 3.05) is 6.61 Å². The van der Waals surface area contributed by atoms with Gasteiger partial charge in [-0.3, -0.25) is 9.18 Å². The molecule has 0 radical (unpaired) electrons. The van der Waals surface area contributed by atoms with E-state index in [0.29, 0.717) is 13.0 Å². The fraction of sp³-hybridized carbons (Fsp3) is 0.933. The Morgan fingerprint density at radius 1 is 1.24 bits per heavy atom. The maximum atomic E-state index is 12.2. The normalized spacial score (nSPS) is 27.2. The van der Waals surface area contributed by atoms with Gasteiger partial charge in [0.15, 0.2) is 11.1 Å². The molecular weight excluding hydrogens is 286 g/mol. The zero-order valence-electron chi connectivity index (χ0n) is 13.1. The number of hydrogen-bond acceptors (Lipinski definition) is 5. The van der Waals surface area contributed by atoms with Gasteiger partial charge in [-0.25, -0.2) is 9.74 Å². The lowest BCUT2D eigenvalue weighted by atomic mass is 9.91. The molecule has 0 spiro atoms. The standard InChI is InChI=1S/C15H29N3O2S/c1-3-4-5-6-7-8-11-20-21(19)15-12-13(17-2)9-10-14(15)18-16/h13-16H,2-12H2,1H3. The summed E-state index contributed by atoms with van der Waals surface area (Å²) in [5.74, 6) is 0. The summed E-state index contributed by atoms with van der Waals surface area (Å²) in [6.07, 6.45) is 9.41. The topological polar surface area (TPSA) is 74.9 Å². The Bertz CT molecular complexity index is 339. The summed E-state index contributed by atoms with van der Waals surface area (Å²) in [6.45, 7) is 6.31. The smallest absolute Gasteiger partial charge is 0.160 e. The van der Waals surface area contributed by atoms with Crippen molar-refractivity contribution in [1.82, 2.24) is 0 Å². The van der Waals surface area contributed by atoms with Crippen LogP contribution in [0.5, 0.6) is 0 Å². The summed E-state index contributed by atoms with van der Waals surface area (Å²) >= 11 is -1.37. The molecule has 1 N–H and O–H groups in total. The third kappa shape index (κ3) is 6.78. The minimum absolute atomic E-state index is 0.134. The van der Waals surface area contributed by atoms with Gasteiger partial charge in [0.1, 0.15) is 0 Å². The SMILES string of the molecule is C=NC1CCC(N=N)C(S(=O)OCCCCCCCC)C1. The highest BCUT2D eigenvalue weighted by molar-refractivity contribution is 7.80. The fourth-order valence-corrected chi connectivity index (χ4v) is 4.01. The van der Waals surface area contributed by atoms with E-state index in [1.165, 1.54) is 25.7 Å².